The number of nitrogens with zero attached hydrogens (tertiary/aromatic N) is 4. The maximum absolute atomic E-state index is 12.6. The Morgan fingerprint density at radius 2 is 1.80 bits per heavy atom. The Morgan fingerprint density at radius 1 is 1.17 bits per heavy atom. The van der Waals surface area contributed by atoms with E-state index in [2.05, 4.69) is 42.5 Å². The van der Waals surface area contributed by atoms with Crippen LogP contribution in [0.1, 0.15) is 56.9 Å². The minimum absolute atomic E-state index is 0.0489. The summed E-state index contributed by atoms with van der Waals surface area (Å²) < 4.78 is 11.1. The molecule has 1 amide bonds. The zero-order chi connectivity index (χ0) is 21.9. The monoisotopic (exact) mass is 424 g/mol. The second-order valence-corrected chi connectivity index (χ2v) is 8.58. The Labute approximate surface area is 181 Å². The van der Waals surface area contributed by atoms with Crippen LogP contribution < -0.4 is 0 Å². The molecular formula is C22H40N4O4. The highest BCUT2D eigenvalue weighted by atomic mass is 16.5. The van der Waals surface area contributed by atoms with Crippen molar-refractivity contribution in [1.29, 1.82) is 0 Å². The highest BCUT2D eigenvalue weighted by Gasteiger charge is 2.23. The van der Waals surface area contributed by atoms with E-state index in [1.807, 2.05) is 4.90 Å². The normalized spacial score (nSPS) is 16.9. The van der Waals surface area contributed by atoms with E-state index in [0.29, 0.717) is 43.8 Å². The number of ether oxygens (including phenoxy) is 1. The Hall–Kier alpha value is -1.48. The number of amides is 1. The van der Waals surface area contributed by atoms with Gasteiger partial charge in [0.15, 0.2) is 5.69 Å². The summed E-state index contributed by atoms with van der Waals surface area (Å²) in [5, 5.41) is 10.2. The fourth-order valence-electron chi connectivity index (χ4n) is 3.61. The first-order chi connectivity index (χ1) is 14.4. The number of rotatable bonds is 13. The summed E-state index contributed by atoms with van der Waals surface area (Å²) in [4.78, 5) is 23.5. The number of aromatic nitrogens is 1. The van der Waals surface area contributed by atoms with Gasteiger partial charge in [-0.05, 0) is 18.8 Å². The largest absolute Gasteiger partial charge is 0.447 e. The number of aliphatic hydroxyl groups excluding tert-OH is 1. The van der Waals surface area contributed by atoms with Crippen molar-refractivity contribution in [2.45, 2.75) is 53.2 Å². The fourth-order valence-corrected chi connectivity index (χ4v) is 3.61. The molecule has 1 aliphatic heterocycles. The van der Waals surface area contributed by atoms with Crippen LogP contribution in [0.15, 0.2) is 10.7 Å². The molecule has 1 unspecified atom stereocenters. The molecule has 2 heterocycles. The van der Waals surface area contributed by atoms with Crippen molar-refractivity contribution in [2.24, 2.45) is 5.92 Å². The van der Waals surface area contributed by atoms with Gasteiger partial charge in [-0.3, -0.25) is 14.6 Å². The molecule has 8 nitrogen and oxygen atoms in total. The summed E-state index contributed by atoms with van der Waals surface area (Å²) >= 11 is 0. The van der Waals surface area contributed by atoms with Gasteiger partial charge in [-0.25, -0.2) is 4.98 Å². The third-order valence-corrected chi connectivity index (χ3v) is 5.10. The zero-order valence-electron chi connectivity index (χ0n) is 19.2. The molecule has 1 saturated heterocycles. The molecule has 1 aromatic rings. The number of aliphatic hydroxyl groups is 1. The van der Waals surface area contributed by atoms with Gasteiger partial charge in [0, 0.05) is 52.4 Å². The average Bonchev–Trinajstić information content (AvgIpc) is 3.17. The van der Waals surface area contributed by atoms with Gasteiger partial charge in [-0.2, -0.15) is 0 Å². The molecule has 1 N–H and O–H groups in total. The van der Waals surface area contributed by atoms with E-state index in [1.165, 1.54) is 6.26 Å². The standard InChI is InChI=1S/C22H40N4O4/c1-5-7-26(8-6-2)22(28)20-17-30-21(23-20)14-25-11-9-24(10-12-25)13-19(27)16-29-15-18(3)4/h17-19,27H,5-16H2,1-4H3. The predicted octanol–water partition coefficient (Wildman–Crippen LogP) is 2.09. The minimum atomic E-state index is -0.454. The summed E-state index contributed by atoms with van der Waals surface area (Å²) in [6.07, 6.45) is 2.89. The van der Waals surface area contributed by atoms with Crippen LogP contribution in [0.5, 0.6) is 0 Å². The Balaban J connectivity index is 1.74. The lowest BCUT2D eigenvalue weighted by Gasteiger charge is -2.34. The van der Waals surface area contributed by atoms with Crippen LogP contribution in [-0.4, -0.2) is 95.8 Å². The van der Waals surface area contributed by atoms with Crippen LogP contribution in [0.2, 0.25) is 0 Å². The zero-order valence-corrected chi connectivity index (χ0v) is 19.2. The minimum Gasteiger partial charge on any atom is -0.447 e. The predicted molar refractivity (Wildman–Crippen MR) is 116 cm³/mol. The molecule has 0 aromatic carbocycles. The summed E-state index contributed by atoms with van der Waals surface area (Å²) in [6, 6.07) is 0. The molecule has 2 rings (SSSR count). The first-order valence-corrected chi connectivity index (χ1v) is 11.4. The van der Waals surface area contributed by atoms with Gasteiger partial charge >= 0.3 is 0 Å². The Morgan fingerprint density at radius 3 is 2.40 bits per heavy atom. The van der Waals surface area contributed by atoms with Crippen LogP contribution in [-0.2, 0) is 11.3 Å². The molecular weight excluding hydrogens is 384 g/mol. The number of piperazine rings is 1. The van der Waals surface area contributed by atoms with Crippen molar-refractivity contribution < 1.29 is 19.1 Å². The molecule has 1 fully saturated rings. The number of carbonyl (C=O) groups excluding carboxylic acids is 1. The lowest BCUT2D eigenvalue weighted by molar-refractivity contribution is -0.000850. The van der Waals surface area contributed by atoms with E-state index in [-0.39, 0.29) is 5.91 Å². The maximum atomic E-state index is 12.6. The first-order valence-electron chi connectivity index (χ1n) is 11.4. The summed E-state index contributed by atoms with van der Waals surface area (Å²) in [6.45, 7) is 15.7. The number of carbonyl (C=O) groups is 1. The van der Waals surface area contributed by atoms with E-state index in [4.69, 9.17) is 9.15 Å². The van der Waals surface area contributed by atoms with E-state index in [0.717, 1.165) is 52.1 Å². The molecule has 1 aromatic heterocycles. The van der Waals surface area contributed by atoms with Crippen molar-refractivity contribution in [3.63, 3.8) is 0 Å². The molecule has 0 bridgehead atoms. The topological polar surface area (TPSA) is 82.3 Å². The van der Waals surface area contributed by atoms with E-state index >= 15 is 0 Å². The van der Waals surface area contributed by atoms with Crippen molar-refractivity contribution in [1.82, 2.24) is 19.7 Å². The van der Waals surface area contributed by atoms with Crippen LogP contribution in [0.25, 0.3) is 0 Å². The first kappa shape index (κ1) is 24.8. The molecule has 30 heavy (non-hydrogen) atoms. The third-order valence-electron chi connectivity index (χ3n) is 5.10. The SMILES string of the molecule is CCCN(CCC)C(=O)c1coc(CN2CCN(CC(O)COCC(C)C)CC2)n1. The Kier molecular flexibility index (Phi) is 10.8. The fraction of sp³-hybridized carbons (Fsp3) is 0.818. The van der Waals surface area contributed by atoms with Gasteiger partial charge < -0.3 is 19.2 Å². The van der Waals surface area contributed by atoms with Gasteiger partial charge in [0.2, 0.25) is 5.89 Å². The van der Waals surface area contributed by atoms with E-state index < -0.39 is 6.10 Å². The van der Waals surface area contributed by atoms with Crippen LogP contribution in [0, 0.1) is 5.92 Å². The molecule has 1 aliphatic rings. The van der Waals surface area contributed by atoms with Gasteiger partial charge in [0.25, 0.3) is 5.91 Å². The van der Waals surface area contributed by atoms with Crippen LogP contribution >= 0.6 is 0 Å². The highest BCUT2D eigenvalue weighted by Crippen LogP contribution is 2.12. The Bertz CT molecular complexity index is 608. The molecule has 0 radical (unpaired) electrons. The molecule has 0 aliphatic carbocycles. The second kappa shape index (κ2) is 13.0. The lowest BCUT2D eigenvalue weighted by Crippen LogP contribution is -2.48. The maximum Gasteiger partial charge on any atom is 0.275 e. The van der Waals surface area contributed by atoms with Gasteiger partial charge in [-0.15, -0.1) is 0 Å². The van der Waals surface area contributed by atoms with E-state index in [1.54, 1.807) is 0 Å². The molecule has 172 valence electrons. The highest BCUT2D eigenvalue weighted by molar-refractivity contribution is 5.91. The smallest absolute Gasteiger partial charge is 0.275 e. The summed E-state index contributed by atoms with van der Waals surface area (Å²) in [7, 11) is 0. The second-order valence-electron chi connectivity index (χ2n) is 8.58. The third kappa shape index (κ3) is 8.34. The van der Waals surface area contributed by atoms with Crippen molar-refractivity contribution in [2.75, 3.05) is 59.0 Å². The molecule has 1 atom stereocenters. The molecule has 0 spiro atoms. The van der Waals surface area contributed by atoms with Crippen LogP contribution in [0.4, 0.5) is 0 Å². The van der Waals surface area contributed by atoms with E-state index in [9.17, 15) is 9.90 Å². The summed E-state index contributed by atoms with van der Waals surface area (Å²) in [5.74, 6) is 1.02. The number of hydrogen-bond donors (Lipinski definition) is 1. The number of hydrogen-bond acceptors (Lipinski definition) is 7. The van der Waals surface area contributed by atoms with Crippen molar-refractivity contribution in [3.8, 4) is 0 Å². The van der Waals surface area contributed by atoms with Gasteiger partial charge in [-0.1, -0.05) is 27.7 Å². The number of oxazole rings is 1. The van der Waals surface area contributed by atoms with Crippen LogP contribution in [0.3, 0.4) is 0 Å². The van der Waals surface area contributed by atoms with Gasteiger partial charge in [0.05, 0.1) is 19.3 Å². The summed E-state index contributed by atoms with van der Waals surface area (Å²) in [5.41, 5.74) is 0.398. The molecule has 0 saturated carbocycles. The van der Waals surface area contributed by atoms with Crippen molar-refractivity contribution >= 4 is 5.91 Å². The quantitative estimate of drug-likeness (QED) is 0.519. The number of β-amino-alcohol motifs (C(OH)–C–C–N with tert-alkyl or cyclic N) is 1. The van der Waals surface area contributed by atoms with Crippen molar-refractivity contribution in [3.05, 3.63) is 17.8 Å². The average molecular weight is 425 g/mol. The molecule has 8 heteroatoms. The van der Waals surface area contributed by atoms with Gasteiger partial charge in [0.1, 0.15) is 6.26 Å². The lowest BCUT2D eigenvalue weighted by atomic mass is 10.2.